The van der Waals surface area contributed by atoms with Crippen molar-refractivity contribution in [3.05, 3.63) is 11.6 Å². The van der Waals surface area contributed by atoms with Gasteiger partial charge in [-0.25, -0.2) is 4.79 Å². The zero-order chi connectivity index (χ0) is 12.9. The first-order valence-electron chi connectivity index (χ1n) is 6.08. The quantitative estimate of drug-likeness (QED) is 0.408. The average Bonchev–Trinajstić information content (AvgIpc) is 2.84. The highest BCUT2D eigenvalue weighted by Gasteiger charge is 2.46. The van der Waals surface area contributed by atoms with E-state index < -0.39 is 6.16 Å². The van der Waals surface area contributed by atoms with E-state index in [0.29, 0.717) is 12.7 Å². The normalized spacial score (nSPS) is 22.1. The van der Waals surface area contributed by atoms with Crippen LogP contribution < -0.4 is 0 Å². The van der Waals surface area contributed by atoms with Crippen LogP contribution in [0.1, 0.15) is 40.5 Å². The molecule has 0 aromatic rings. The maximum atomic E-state index is 10.9. The molecule has 17 heavy (non-hydrogen) atoms. The molecule has 0 radical (unpaired) electrons. The third-order valence-electron chi connectivity index (χ3n) is 2.86. The summed E-state index contributed by atoms with van der Waals surface area (Å²) in [5.41, 5.74) is 1.27. The van der Waals surface area contributed by atoms with Gasteiger partial charge < -0.3 is 14.2 Å². The highest BCUT2D eigenvalue weighted by molar-refractivity contribution is 5.59. The van der Waals surface area contributed by atoms with E-state index in [4.69, 9.17) is 9.47 Å². The molecule has 0 N–H and O–H groups in total. The minimum absolute atomic E-state index is 0.0573. The summed E-state index contributed by atoms with van der Waals surface area (Å²) in [6.45, 7) is 8.60. The standard InChI is InChI=1S/C13H22O4/c1-5-15-12(14)16-9-8-10(2)6-7-11-13(3,4)17-11/h8,11H,5-7,9H2,1-4H3/b10-8+. The maximum absolute atomic E-state index is 10.9. The highest BCUT2D eigenvalue weighted by atomic mass is 16.7. The molecule has 1 saturated heterocycles. The molecule has 4 nitrogen and oxygen atoms in total. The predicted octanol–water partition coefficient (Wildman–Crippen LogP) is 3.06. The fourth-order valence-corrected chi connectivity index (χ4v) is 1.61. The Balaban J connectivity index is 2.10. The van der Waals surface area contributed by atoms with Crippen LogP contribution in [0.5, 0.6) is 0 Å². The third-order valence-corrected chi connectivity index (χ3v) is 2.86. The monoisotopic (exact) mass is 242 g/mol. The Morgan fingerprint density at radius 3 is 2.59 bits per heavy atom. The van der Waals surface area contributed by atoms with Gasteiger partial charge in [0, 0.05) is 0 Å². The number of rotatable bonds is 6. The maximum Gasteiger partial charge on any atom is 0.508 e. The van der Waals surface area contributed by atoms with Crippen LogP contribution in [-0.4, -0.2) is 31.1 Å². The molecule has 4 heteroatoms. The van der Waals surface area contributed by atoms with Crippen LogP contribution in [0.2, 0.25) is 0 Å². The van der Waals surface area contributed by atoms with Crippen molar-refractivity contribution in [3.8, 4) is 0 Å². The second kappa shape index (κ2) is 6.05. The van der Waals surface area contributed by atoms with Gasteiger partial charge in [0.05, 0.1) is 18.3 Å². The first kappa shape index (κ1) is 14.0. The van der Waals surface area contributed by atoms with E-state index in [2.05, 4.69) is 18.6 Å². The summed E-state index contributed by atoms with van der Waals surface area (Å²) in [5.74, 6) is 0. The second-order valence-corrected chi connectivity index (χ2v) is 4.79. The molecule has 1 atom stereocenters. The van der Waals surface area contributed by atoms with Gasteiger partial charge in [0.25, 0.3) is 0 Å². The van der Waals surface area contributed by atoms with Crippen molar-refractivity contribution in [2.45, 2.75) is 52.2 Å². The number of ether oxygens (including phenoxy) is 3. The van der Waals surface area contributed by atoms with Gasteiger partial charge in [-0.15, -0.1) is 0 Å². The Morgan fingerprint density at radius 1 is 1.41 bits per heavy atom. The lowest BCUT2D eigenvalue weighted by atomic mass is 10.0. The fourth-order valence-electron chi connectivity index (χ4n) is 1.61. The summed E-state index contributed by atoms with van der Waals surface area (Å²) in [4.78, 5) is 10.9. The van der Waals surface area contributed by atoms with Crippen LogP contribution >= 0.6 is 0 Å². The van der Waals surface area contributed by atoms with Crippen molar-refractivity contribution in [3.63, 3.8) is 0 Å². The number of allylic oxidation sites excluding steroid dienone is 1. The molecule has 98 valence electrons. The zero-order valence-corrected chi connectivity index (χ0v) is 11.1. The molecule has 1 heterocycles. The summed E-state index contributed by atoms with van der Waals surface area (Å²) in [5, 5.41) is 0. The van der Waals surface area contributed by atoms with Crippen molar-refractivity contribution in [2.24, 2.45) is 0 Å². The van der Waals surface area contributed by atoms with E-state index in [-0.39, 0.29) is 12.2 Å². The van der Waals surface area contributed by atoms with Gasteiger partial charge in [0.2, 0.25) is 0 Å². The molecule has 1 fully saturated rings. The summed E-state index contributed by atoms with van der Waals surface area (Å²) < 4.78 is 15.0. The van der Waals surface area contributed by atoms with Gasteiger partial charge in [-0.3, -0.25) is 0 Å². The Kier molecular flexibility index (Phi) is 5.00. The zero-order valence-electron chi connectivity index (χ0n) is 11.1. The predicted molar refractivity (Wildman–Crippen MR) is 64.9 cm³/mol. The molecule has 0 saturated carbocycles. The Hall–Kier alpha value is -1.03. The lowest BCUT2D eigenvalue weighted by molar-refractivity contribution is 0.0672. The van der Waals surface area contributed by atoms with Gasteiger partial charge in [0.1, 0.15) is 6.61 Å². The molecule has 0 aliphatic carbocycles. The van der Waals surface area contributed by atoms with E-state index in [1.54, 1.807) is 6.92 Å². The molecular weight excluding hydrogens is 220 g/mol. The lowest BCUT2D eigenvalue weighted by Gasteiger charge is -2.03. The average molecular weight is 242 g/mol. The molecule has 1 rings (SSSR count). The Bertz CT molecular complexity index is 294. The minimum atomic E-state index is -0.608. The van der Waals surface area contributed by atoms with Crippen LogP contribution in [0.15, 0.2) is 11.6 Å². The van der Waals surface area contributed by atoms with E-state index in [0.717, 1.165) is 12.8 Å². The molecular formula is C13H22O4. The van der Waals surface area contributed by atoms with Crippen LogP contribution in [-0.2, 0) is 14.2 Å². The number of hydrogen-bond donors (Lipinski definition) is 0. The van der Waals surface area contributed by atoms with Gasteiger partial charge in [-0.2, -0.15) is 0 Å². The number of hydrogen-bond acceptors (Lipinski definition) is 4. The lowest BCUT2D eigenvalue weighted by Crippen LogP contribution is -2.07. The van der Waals surface area contributed by atoms with Crippen molar-refractivity contribution in [1.82, 2.24) is 0 Å². The molecule has 1 aliphatic rings. The van der Waals surface area contributed by atoms with E-state index in [1.165, 1.54) is 5.57 Å². The molecule has 1 aliphatic heterocycles. The van der Waals surface area contributed by atoms with E-state index >= 15 is 0 Å². The van der Waals surface area contributed by atoms with Crippen molar-refractivity contribution in [2.75, 3.05) is 13.2 Å². The van der Waals surface area contributed by atoms with Crippen LogP contribution in [0, 0.1) is 0 Å². The smallest absolute Gasteiger partial charge is 0.435 e. The van der Waals surface area contributed by atoms with Crippen molar-refractivity contribution < 1.29 is 19.0 Å². The number of carbonyl (C=O) groups excluding carboxylic acids is 1. The highest BCUT2D eigenvalue weighted by Crippen LogP contribution is 2.38. The molecule has 0 bridgehead atoms. The minimum Gasteiger partial charge on any atom is -0.435 e. The molecule has 0 aromatic heterocycles. The largest absolute Gasteiger partial charge is 0.508 e. The fraction of sp³-hybridized carbons (Fsp3) is 0.769. The summed E-state index contributed by atoms with van der Waals surface area (Å²) in [6, 6.07) is 0. The summed E-state index contributed by atoms with van der Waals surface area (Å²) in [7, 11) is 0. The SMILES string of the molecule is CCOC(=O)OC/C=C(\C)CCC1OC1(C)C. The molecule has 1 unspecified atom stereocenters. The first-order chi connectivity index (χ1) is 7.95. The summed E-state index contributed by atoms with van der Waals surface area (Å²) >= 11 is 0. The molecule has 0 spiro atoms. The van der Waals surface area contributed by atoms with Gasteiger partial charge in [0.15, 0.2) is 0 Å². The van der Waals surface area contributed by atoms with Crippen molar-refractivity contribution >= 4 is 6.16 Å². The van der Waals surface area contributed by atoms with Crippen LogP contribution in [0.4, 0.5) is 4.79 Å². The van der Waals surface area contributed by atoms with Crippen molar-refractivity contribution in [1.29, 1.82) is 0 Å². The van der Waals surface area contributed by atoms with Gasteiger partial charge in [-0.05, 0) is 46.6 Å². The van der Waals surface area contributed by atoms with Gasteiger partial charge in [-0.1, -0.05) is 5.57 Å². The summed E-state index contributed by atoms with van der Waals surface area (Å²) in [6.07, 6.45) is 3.67. The van der Waals surface area contributed by atoms with Gasteiger partial charge >= 0.3 is 6.16 Å². The van der Waals surface area contributed by atoms with E-state index in [9.17, 15) is 4.79 Å². The number of epoxide rings is 1. The molecule has 0 amide bonds. The topological polar surface area (TPSA) is 48.1 Å². The number of carbonyl (C=O) groups is 1. The second-order valence-electron chi connectivity index (χ2n) is 4.79. The van der Waals surface area contributed by atoms with E-state index in [1.807, 2.05) is 13.0 Å². The third kappa shape index (κ3) is 5.22. The Labute approximate surface area is 103 Å². The molecule has 0 aromatic carbocycles. The van der Waals surface area contributed by atoms with Crippen LogP contribution in [0.25, 0.3) is 0 Å². The first-order valence-corrected chi connectivity index (χ1v) is 6.08. The van der Waals surface area contributed by atoms with Crippen LogP contribution in [0.3, 0.4) is 0 Å². The Morgan fingerprint density at radius 2 is 2.06 bits per heavy atom.